The van der Waals surface area contributed by atoms with Gasteiger partial charge < -0.3 is 9.64 Å². The van der Waals surface area contributed by atoms with Crippen LogP contribution in [0.2, 0.25) is 0 Å². The molecule has 1 aliphatic rings. The summed E-state index contributed by atoms with van der Waals surface area (Å²) >= 11 is 1.47. The molecule has 0 N–H and O–H groups in total. The standard InChI is InChI=1S/C16H20N2O3S2/c1-16(2,3)21-15(19)18-9-8-11(10-18)23(20)14-17-12-6-4-5-7-13(12)22-14/h4-7,11H,8-10H2,1-3H3/t11-,23+/m0/s1. The maximum Gasteiger partial charge on any atom is 0.410 e. The number of carbonyl (C=O) groups is 1. The fraction of sp³-hybridized carbons (Fsp3) is 0.500. The minimum atomic E-state index is -1.19. The fourth-order valence-electron chi connectivity index (χ4n) is 2.47. The van der Waals surface area contributed by atoms with E-state index in [0.29, 0.717) is 23.8 Å². The van der Waals surface area contributed by atoms with Crippen molar-refractivity contribution in [2.24, 2.45) is 0 Å². The van der Waals surface area contributed by atoms with Gasteiger partial charge in [-0.15, -0.1) is 11.3 Å². The van der Waals surface area contributed by atoms with Gasteiger partial charge in [0.25, 0.3) is 0 Å². The Bertz CT molecular complexity index is 718. The third-order valence-electron chi connectivity index (χ3n) is 3.55. The summed E-state index contributed by atoms with van der Waals surface area (Å²) in [5.74, 6) is 0. The largest absolute Gasteiger partial charge is 0.444 e. The van der Waals surface area contributed by atoms with Crippen molar-refractivity contribution in [1.82, 2.24) is 9.88 Å². The number of aromatic nitrogens is 1. The molecule has 2 heterocycles. The van der Waals surface area contributed by atoms with E-state index in [-0.39, 0.29) is 11.3 Å². The molecular weight excluding hydrogens is 332 g/mol. The van der Waals surface area contributed by atoms with Crippen molar-refractivity contribution in [1.29, 1.82) is 0 Å². The molecule has 0 saturated carbocycles. The highest BCUT2D eigenvalue weighted by atomic mass is 32.2. The van der Waals surface area contributed by atoms with Gasteiger partial charge >= 0.3 is 6.09 Å². The maximum absolute atomic E-state index is 12.8. The molecule has 3 rings (SSSR count). The van der Waals surface area contributed by atoms with Gasteiger partial charge in [-0.3, -0.25) is 4.21 Å². The predicted octanol–water partition coefficient (Wildman–Crippen LogP) is 3.41. The van der Waals surface area contributed by atoms with Gasteiger partial charge in [-0.05, 0) is 39.3 Å². The van der Waals surface area contributed by atoms with E-state index in [1.807, 2.05) is 45.0 Å². The first-order valence-electron chi connectivity index (χ1n) is 7.57. The van der Waals surface area contributed by atoms with Gasteiger partial charge in [-0.1, -0.05) is 12.1 Å². The molecule has 1 amide bonds. The van der Waals surface area contributed by atoms with Crippen molar-refractivity contribution in [3.63, 3.8) is 0 Å². The lowest BCUT2D eigenvalue weighted by Gasteiger charge is -2.24. The second-order valence-corrected chi connectivity index (χ2v) is 9.52. The number of hydrogen-bond acceptors (Lipinski definition) is 5. The smallest absolute Gasteiger partial charge is 0.410 e. The highest BCUT2D eigenvalue weighted by Crippen LogP contribution is 2.28. The highest BCUT2D eigenvalue weighted by Gasteiger charge is 2.34. The number of amides is 1. The lowest BCUT2D eigenvalue weighted by atomic mass is 10.2. The quantitative estimate of drug-likeness (QED) is 0.831. The van der Waals surface area contributed by atoms with Gasteiger partial charge in [0.15, 0.2) is 4.34 Å². The zero-order valence-electron chi connectivity index (χ0n) is 13.4. The monoisotopic (exact) mass is 352 g/mol. The number of likely N-dealkylation sites (tertiary alicyclic amines) is 1. The number of rotatable bonds is 2. The zero-order valence-corrected chi connectivity index (χ0v) is 15.1. The van der Waals surface area contributed by atoms with Crippen molar-refractivity contribution in [3.05, 3.63) is 24.3 Å². The number of carbonyl (C=O) groups excluding carboxylic acids is 1. The molecule has 5 nitrogen and oxygen atoms in total. The molecule has 1 fully saturated rings. The van der Waals surface area contributed by atoms with Crippen LogP contribution in [0.25, 0.3) is 10.2 Å². The second-order valence-electron chi connectivity index (χ2n) is 6.58. The lowest BCUT2D eigenvalue weighted by molar-refractivity contribution is 0.0295. The van der Waals surface area contributed by atoms with E-state index in [1.165, 1.54) is 11.3 Å². The van der Waals surface area contributed by atoms with Crippen molar-refractivity contribution >= 4 is 38.4 Å². The summed E-state index contributed by atoms with van der Waals surface area (Å²) in [6, 6.07) is 7.78. The molecule has 1 aromatic heterocycles. The first kappa shape index (κ1) is 16.4. The molecule has 2 atom stereocenters. The average Bonchev–Trinajstić information content (AvgIpc) is 3.11. The summed E-state index contributed by atoms with van der Waals surface area (Å²) in [5.41, 5.74) is 0.365. The number of benzene rings is 1. The summed E-state index contributed by atoms with van der Waals surface area (Å²) < 4.78 is 19.8. The number of fused-ring (bicyclic) bond motifs is 1. The molecule has 7 heteroatoms. The molecule has 1 aromatic carbocycles. The van der Waals surface area contributed by atoms with Crippen molar-refractivity contribution < 1.29 is 13.7 Å². The van der Waals surface area contributed by atoms with E-state index in [0.717, 1.165) is 10.2 Å². The Labute approximate surface area is 142 Å². The molecule has 2 aromatic rings. The Hall–Kier alpha value is -1.47. The fourth-order valence-corrected chi connectivity index (χ4v) is 5.29. The maximum atomic E-state index is 12.8. The second kappa shape index (κ2) is 6.20. The number of para-hydroxylation sites is 1. The molecule has 0 spiro atoms. The average molecular weight is 352 g/mol. The zero-order chi connectivity index (χ0) is 16.6. The van der Waals surface area contributed by atoms with Crippen LogP contribution in [0.15, 0.2) is 28.6 Å². The van der Waals surface area contributed by atoms with Crippen LogP contribution in [0, 0.1) is 0 Å². The normalized spacial score (nSPS) is 20.0. The summed E-state index contributed by atoms with van der Waals surface area (Å²) in [7, 11) is -1.19. The number of thiazole rings is 1. The van der Waals surface area contributed by atoms with E-state index in [1.54, 1.807) is 4.90 Å². The topological polar surface area (TPSA) is 59.5 Å². The van der Waals surface area contributed by atoms with Crippen LogP contribution in [0.3, 0.4) is 0 Å². The van der Waals surface area contributed by atoms with E-state index in [4.69, 9.17) is 4.74 Å². The Balaban J connectivity index is 1.68. The van der Waals surface area contributed by atoms with Crippen LogP contribution in [0.1, 0.15) is 27.2 Å². The molecular formula is C16H20N2O3S2. The molecule has 1 saturated heterocycles. The van der Waals surface area contributed by atoms with Gasteiger partial charge in [0.1, 0.15) is 5.60 Å². The Morgan fingerprint density at radius 2 is 2.13 bits per heavy atom. The van der Waals surface area contributed by atoms with Gasteiger partial charge in [0, 0.05) is 13.1 Å². The number of hydrogen-bond donors (Lipinski definition) is 0. The Kier molecular flexibility index (Phi) is 4.42. The molecule has 1 aliphatic heterocycles. The van der Waals surface area contributed by atoms with E-state index in [2.05, 4.69) is 4.98 Å². The molecule has 23 heavy (non-hydrogen) atoms. The third kappa shape index (κ3) is 3.72. The van der Waals surface area contributed by atoms with Gasteiger partial charge in [-0.25, -0.2) is 9.78 Å². The van der Waals surface area contributed by atoms with Crippen molar-refractivity contribution in [2.75, 3.05) is 13.1 Å². The van der Waals surface area contributed by atoms with Gasteiger partial charge in [-0.2, -0.15) is 0 Å². The summed E-state index contributed by atoms with van der Waals surface area (Å²) in [4.78, 5) is 18.2. The summed E-state index contributed by atoms with van der Waals surface area (Å²) in [6.45, 7) is 6.57. The van der Waals surface area contributed by atoms with Crippen molar-refractivity contribution in [2.45, 2.75) is 42.4 Å². The number of nitrogens with zero attached hydrogens (tertiary/aromatic N) is 2. The molecule has 0 radical (unpaired) electrons. The molecule has 124 valence electrons. The van der Waals surface area contributed by atoms with Crippen LogP contribution in [0.4, 0.5) is 4.79 Å². The molecule has 0 unspecified atom stereocenters. The first-order valence-corrected chi connectivity index (χ1v) is 9.60. The van der Waals surface area contributed by atoms with Gasteiger partial charge in [0.05, 0.1) is 26.3 Å². The summed E-state index contributed by atoms with van der Waals surface area (Å²) in [6.07, 6.45) is 0.378. The third-order valence-corrected chi connectivity index (χ3v) is 6.55. The first-order chi connectivity index (χ1) is 10.8. The summed E-state index contributed by atoms with van der Waals surface area (Å²) in [5, 5.41) is -0.0805. The van der Waals surface area contributed by atoms with Crippen LogP contribution in [0.5, 0.6) is 0 Å². The number of ether oxygens (including phenoxy) is 1. The lowest BCUT2D eigenvalue weighted by Crippen LogP contribution is -2.36. The van der Waals surface area contributed by atoms with Crippen LogP contribution < -0.4 is 0 Å². The van der Waals surface area contributed by atoms with E-state index in [9.17, 15) is 9.00 Å². The minimum absolute atomic E-state index is 0.0805. The molecule has 0 bridgehead atoms. The van der Waals surface area contributed by atoms with E-state index < -0.39 is 16.4 Å². The molecule has 0 aliphatic carbocycles. The predicted molar refractivity (Wildman–Crippen MR) is 92.2 cm³/mol. The van der Waals surface area contributed by atoms with Crippen LogP contribution >= 0.6 is 11.3 Å². The minimum Gasteiger partial charge on any atom is -0.444 e. The SMILES string of the molecule is CC(C)(C)OC(=O)N1CC[C@H]([S@@](=O)c2nc3ccccc3s2)C1. The van der Waals surface area contributed by atoms with Crippen LogP contribution in [-0.4, -0.2) is 44.1 Å². The van der Waals surface area contributed by atoms with Crippen molar-refractivity contribution in [3.8, 4) is 0 Å². The Morgan fingerprint density at radius 3 is 2.83 bits per heavy atom. The van der Waals surface area contributed by atoms with Crippen LogP contribution in [-0.2, 0) is 15.5 Å². The Morgan fingerprint density at radius 1 is 1.39 bits per heavy atom. The van der Waals surface area contributed by atoms with E-state index >= 15 is 0 Å². The highest BCUT2D eigenvalue weighted by molar-refractivity contribution is 7.88. The van der Waals surface area contributed by atoms with Gasteiger partial charge in [0.2, 0.25) is 0 Å².